The Labute approximate surface area is 141 Å². The van der Waals surface area contributed by atoms with Crippen LogP contribution in [0.4, 0.5) is 0 Å². The standard InChI is InChI=1S/C19H20N2O3/c1-13-11-14(7-8-17(13)24-2)18(22)16-6-4-10-21(16)19(23)15-5-3-9-20-12-15/h3,5,7-9,11-12,16H,4,6,10H2,1-2H3. The van der Waals surface area contributed by atoms with Gasteiger partial charge in [0.1, 0.15) is 5.75 Å². The van der Waals surface area contributed by atoms with Crippen molar-refractivity contribution >= 4 is 11.7 Å². The average molecular weight is 324 g/mol. The maximum atomic E-state index is 12.9. The van der Waals surface area contributed by atoms with Crippen LogP contribution in [0, 0.1) is 6.92 Å². The summed E-state index contributed by atoms with van der Waals surface area (Å²) in [7, 11) is 1.61. The number of carbonyl (C=O) groups is 2. The molecule has 1 unspecified atom stereocenters. The van der Waals surface area contributed by atoms with E-state index in [1.165, 1.54) is 0 Å². The number of benzene rings is 1. The van der Waals surface area contributed by atoms with Gasteiger partial charge in [-0.3, -0.25) is 14.6 Å². The molecule has 0 radical (unpaired) electrons. The molecule has 0 N–H and O–H groups in total. The first kappa shape index (κ1) is 16.2. The molecule has 0 saturated carbocycles. The second kappa shape index (κ2) is 6.83. The molecule has 5 nitrogen and oxygen atoms in total. The van der Waals surface area contributed by atoms with Crippen LogP contribution >= 0.6 is 0 Å². The van der Waals surface area contributed by atoms with Gasteiger partial charge in [-0.15, -0.1) is 0 Å². The van der Waals surface area contributed by atoms with Crippen LogP contribution in [0.25, 0.3) is 0 Å². The highest BCUT2D eigenvalue weighted by molar-refractivity contribution is 6.04. The minimum Gasteiger partial charge on any atom is -0.496 e. The lowest BCUT2D eigenvalue weighted by molar-refractivity contribution is 0.0671. The molecule has 124 valence electrons. The fourth-order valence-electron chi connectivity index (χ4n) is 3.16. The summed E-state index contributed by atoms with van der Waals surface area (Å²) >= 11 is 0. The smallest absolute Gasteiger partial charge is 0.256 e. The summed E-state index contributed by atoms with van der Waals surface area (Å²) < 4.78 is 5.24. The molecule has 1 atom stereocenters. The van der Waals surface area contributed by atoms with Gasteiger partial charge in [0, 0.05) is 24.5 Å². The largest absolute Gasteiger partial charge is 0.496 e. The van der Waals surface area contributed by atoms with Gasteiger partial charge in [0.15, 0.2) is 5.78 Å². The van der Waals surface area contributed by atoms with Crippen LogP contribution in [0.5, 0.6) is 5.75 Å². The van der Waals surface area contributed by atoms with Crippen molar-refractivity contribution in [3.05, 3.63) is 59.4 Å². The van der Waals surface area contributed by atoms with Gasteiger partial charge in [-0.2, -0.15) is 0 Å². The first-order chi connectivity index (χ1) is 11.6. The zero-order valence-electron chi connectivity index (χ0n) is 13.9. The second-order valence-corrected chi connectivity index (χ2v) is 5.95. The lowest BCUT2D eigenvalue weighted by Gasteiger charge is -2.24. The highest BCUT2D eigenvalue weighted by atomic mass is 16.5. The zero-order valence-corrected chi connectivity index (χ0v) is 13.9. The van der Waals surface area contributed by atoms with Gasteiger partial charge in [0.25, 0.3) is 5.91 Å². The van der Waals surface area contributed by atoms with Crippen molar-refractivity contribution < 1.29 is 14.3 Å². The molecule has 1 amide bonds. The molecule has 0 aliphatic carbocycles. The van der Waals surface area contributed by atoms with E-state index in [0.29, 0.717) is 24.1 Å². The van der Waals surface area contributed by atoms with Crippen molar-refractivity contribution in [2.75, 3.05) is 13.7 Å². The number of Topliss-reactive ketones (excluding diaryl/α,β-unsaturated/α-hetero) is 1. The van der Waals surface area contributed by atoms with Crippen molar-refractivity contribution in [2.24, 2.45) is 0 Å². The number of rotatable bonds is 4. The third-order valence-electron chi connectivity index (χ3n) is 4.40. The van der Waals surface area contributed by atoms with Gasteiger partial charge in [-0.1, -0.05) is 0 Å². The molecular formula is C19H20N2O3. The van der Waals surface area contributed by atoms with E-state index in [2.05, 4.69) is 4.98 Å². The molecule has 1 aromatic heterocycles. The molecule has 1 saturated heterocycles. The molecule has 0 spiro atoms. The molecular weight excluding hydrogens is 304 g/mol. The Morgan fingerprint density at radius 3 is 2.75 bits per heavy atom. The third kappa shape index (κ3) is 3.02. The third-order valence-corrected chi connectivity index (χ3v) is 4.40. The number of hydrogen-bond acceptors (Lipinski definition) is 4. The van der Waals surface area contributed by atoms with Crippen LogP contribution in [0.3, 0.4) is 0 Å². The maximum Gasteiger partial charge on any atom is 0.256 e. The van der Waals surface area contributed by atoms with Crippen molar-refractivity contribution in [3.8, 4) is 5.75 Å². The highest BCUT2D eigenvalue weighted by Crippen LogP contribution is 2.25. The number of ketones is 1. The molecule has 3 rings (SSSR count). The molecule has 1 aliphatic rings. The molecule has 2 aromatic rings. The molecule has 24 heavy (non-hydrogen) atoms. The normalized spacial score (nSPS) is 16.9. The lowest BCUT2D eigenvalue weighted by atomic mass is 10.00. The summed E-state index contributed by atoms with van der Waals surface area (Å²) in [5, 5.41) is 0. The number of aromatic nitrogens is 1. The van der Waals surface area contributed by atoms with Crippen LogP contribution in [-0.2, 0) is 0 Å². The molecule has 5 heteroatoms. The van der Waals surface area contributed by atoms with E-state index in [1.54, 1.807) is 48.7 Å². The average Bonchev–Trinajstić information content (AvgIpc) is 3.10. The number of nitrogens with zero attached hydrogens (tertiary/aromatic N) is 2. The molecule has 1 aliphatic heterocycles. The van der Waals surface area contributed by atoms with Crippen LogP contribution in [0.2, 0.25) is 0 Å². The van der Waals surface area contributed by atoms with Crippen molar-refractivity contribution in [1.29, 1.82) is 0 Å². The molecule has 1 aromatic carbocycles. The summed E-state index contributed by atoms with van der Waals surface area (Å²) in [4.78, 5) is 31.2. The van der Waals surface area contributed by atoms with Gasteiger partial charge in [0.2, 0.25) is 0 Å². The maximum absolute atomic E-state index is 12.9. The zero-order chi connectivity index (χ0) is 17.1. The number of hydrogen-bond donors (Lipinski definition) is 0. The number of likely N-dealkylation sites (tertiary alicyclic amines) is 1. The van der Waals surface area contributed by atoms with Gasteiger partial charge in [-0.25, -0.2) is 0 Å². The Bertz CT molecular complexity index is 758. The Morgan fingerprint density at radius 1 is 1.25 bits per heavy atom. The van der Waals surface area contributed by atoms with E-state index in [1.807, 2.05) is 13.0 Å². The Balaban J connectivity index is 1.84. The van der Waals surface area contributed by atoms with E-state index < -0.39 is 6.04 Å². The van der Waals surface area contributed by atoms with Gasteiger partial charge in [-0.05, 0) is 55.7 Å². The topological polar surface area (TPSA) is 59.5 Å². The summed E-state index contributed by atoms with van der Waals surface area (Å²) in [6.45, 7) is 2.50. The van der Waals surface area contributed by atoms with Gasteiger partial charge < -0.3 is 9.64 Å². The Kier molecular flexibility index (Phi) is 4.60. The number of methoxy groups -OCH3 is 1. The van der Waals surface area contributed by atoms with Crippen molar-refractivity contribution in [3.63, 3.8) is 0 Å². The quantitative estimate of drug-likeness (QED) is 0.812. The minimum absolute atomic E-state index is 0.0181. The number of aryl methyl sites for hydroxylation is 1. The highest BCUT2D eigenvalue weighted by Gasteiger charge is 2.35. The fourth-order valence-corrected chi connectivity index (χ4v) is 3.16. The summed E-state index contributed by atoms with van der Waals surface area (Å²) in [5.41, 5.74) is 2.04. The second-order valence-electron chi connectivity index (χ2n) is 5.95. The number of amides is 1. The molecule has 1 fully saturated rings. The van der Waals surface area contributed by atoms with Crippen LogP contribution in [0.15, 0.2) is 42.7 Å². The minimum atomic E-state index is -0.412. The summed E-state index contributed by atoms with van der Waals surface area (Å²) in [6.07, 6.45) is 4.69. The Hall–Kier alpha value is -2.69. The van der Waals surface area contributed by atoms with E-state index in [0.717, 1.165) is 17.7 Å². The van der Waals surface area contributed by atoms with E-state index >= 15 is 0 Å². The van der Waals surface area contributed by atoms with Crippen LogP contribution < -0.4 is 4.74 Å². The number of pyridine rings is 1. The predicted molar refractivity (Wildman–Crippen MR) is 90.4 cm³/mol. The predicted octanol–water partition coefficient (Wildman–Crippen LogP) is 2.89. The lowest BCUT2D eigenvalue weighted by Crippen LogP contribution is -2.40. The van der Waals surface area contributed by atoms with E-state index in [9.17, 15) is 9.59 Å². The number of ether oxygens (including phenoxy) is 1. The Morgan fingerprint density at radius 2 is 2.08 bits per heavy atom. The van der Waals surface area contributed by atoms with Crippen molar-refractivity contribution in [2.45, 2.75) is 25.8 Å². The van der Waals surface area contributed by atoms with E-state index in [4.69, 9.17) is 4.74 Å². The van der Waals surface area contributed by atoms with Gasteiger partial charge in [0.05, 0.1) is 18.7 Å². The molecule has 2 heterocycles. The van der Waals surface area contributed by atoms with Crippen LogP contribution in [0.1, 0.15) is 39.1 Å². The summed E-state index contributed by atoms with van der Waals surface area (Å²) in [6, 6.07) is 8.43. The molecule has 0 bridgehead atoms. The fraction of sp³-hybridized carbons (Fsp3) is 0.316. The van der Waals surface area contributed by atoms with Crippen molar-refractivity contribution in [1.82, 2.24) is 9.88 Å². The SMILES string of the molecule is COc1ccc(C(=O)C2CCCN2C(=O)c2cccnc2)cc1C. The summed E-state index contributed by atoms with van der Waals surface area (Å²) in [5.74, 6) is 0.598. The monoisotopic (exact) mass is 324 g/mol. The number of carbonyl (C=O) groups excluding carboxylic acids is 2. The first-order valence-corrected chi connectivity index (χ1v) is 8.01. The first-order valence-electron chi connectivity index (χ1n) is 8.01. The van der Waals surface area contributed by atoms with E-state index in [-0.39, 0.29) is 11.7 Å². The van der Waals surface area contributed by atoms with Crippen LogP contribution in [-0.4, -0.2) is 41.3 Å². The van der Waals surface area contributed by atoms with Gasteiger partial charge >= 0.3 is 0 Å².